The minimum atomic E-state index is -0.343. The van der Waals surface area contributed by atoms with E-state index in [2.05, 4.69) is 10.1 Å². The maximum absolute atomic E-state index is 10.9. The lowest BCUT2D eigenvalue weighted by Gasteiger charge is -2.07. The van der Waals surface area contributed by atoms with E-state index < -0.39 is 0 Å². The van der Waals surface area contributed by atoms with E-state index in [9.17, 15) is 4.79 Å². The van der Waals surface area contributed by atoms with Gasteiger partial charge in [-0.25, -0.2) is 5.48 Å². The summed E-state index contributed by atoms with van der Waals surface area (Å²) in [5.41, 5.74) is 3.35. The summed E-state index contributed by atoms with van der Waals surface area (Å²) in [6, 6.07) is 17.2. The fourth-order valence-corrected chi connectivity index (χ4v) is 2.75. The van der Waals surface area contributed by atoms with Gasteiger partial charge < -0.3 is 9.26 Å². The van der Waals surface area contributed by atoms with Crippen LogP contribution >= 0.6 is 0 Å². The first-order chi connectivity index (χ1) is 13.8. The van der Waals surface area contributed by atoms with E-state index in [0.29, 0.717) is 24.7 Å². The fraction of sp³-hybridized carbons (Fsp3) is 0.286. The van der Waals surface area contributed by atoms with Crippen molar-refractivity contribution in [2.45, 2.75) is 32.1 Å². The minimum Gasteiger partial charge on any atom is -0.494 e. The van der Waals surface area contributed by atoms with Crippen LogP contribution in [0.4, 0.5) is 0 Å². The molecule has 0 aliphatic heterocycles. The molecule has 7 nitrogen and oxygen atoms in total. The van der Waals surface area contributed by atoms with Crippen LogP contribution in [0.1, 0.15) is 32.1 Å². The van der Waals surface area contributed by atoms with Gasteiger partial charge in [0.25, 0.3) is 5.89 Å². The average molecular weight is 381 g/mol. The summed E-state index contributed by atoms with van der Waals surface area (Å²) in [7, 11) is 0. The summed E-state index contributed by atoms with van der Waals surface area (Å²) in [5, 5.41) is 12.5. The molecule has 0 fully saturated rings. The first-order valence-corrected chi connectivity index (χ1v) is 9.31. The van der Waals surface area contributed by atoms with Crippen molar-refractivity contribution in [2.24, 2.45) is 0 Å². The highest BCUT2D eigenvalue weighted by molar-refractivity contribution is 5.74. The van der Waals surface area contributed by atoms with Crippen LogP contribution < -0.4 is 10.2 Å². The van der Waals surface area contributed by atoms with Crippen LogP contribution in [-0.4, -0.2) is 27.9 Å². The van der Waals surface area contributed by atoms with Gasteiger partial charge in [0, 0.05) is 17.5 Å². The summed E-state index contributed by atoms with van der Waals surface area (Å²) in [5.74, 6) is 1.41. The molecule has 7 heteroatoms. The van der Waals surface area contributed by atoms with Gasteiger partial charge in [0.15, 0.2) is 0 Å². The number of unbranched alkanes of at least 4 members (excludes halogenated alkanes) is 3. The van der Waals surface area contributed by atoms with Crippen LogP contribution in [0.15, 0.2) is 59.1 Å². The second-order valence-electron chi connectivity index (χ2n) is 6.36. The molecule has 2 aromatic carbocycles. The fourth-order valence-electron chi connectivity index (χ4n) is 2.75. The molecule has 0 saturated carbocycles. The van der Waals surface area contributed by atoms with Gasteiger partial charge in [-0.1, -0.05) is 54.4 Å². The molecular weight excluding hydrogens is 358 g/mol. The number of benzene rings is 2. The van der Waals surface area contributed by atoms with Crippen molar-refractivity contribution in [1.29, 1.82) is 0 Å². The first-order valence-electron chi connectivity index (χ1n) is 9.31. The predicted molar refractivity (Wildman–Crippen MR) is 104 cm³/mol. The Kier molecular flexibility index (Phi) is 7.14. The molecule has 28 heavy (non-hydrogen) atoms. The quantitative estimate of drug-likeness (QED) is 0.310. The van der Waals surface area contributed by atoms with E-state index in [4.69, 9.17) is 14.5 Å². The van der Waals surface area contributed by atoms with Crippen molar-refractivity contribution >= 4 is 5.91 Å². The van der Waals surface area contributed by atoms with E-state index in [1.165, 1.54) is 0 Å². The van der Waals surface area contributed by atoms with Crippen molar-refractivity contribution in [3.63, 3.8) is 0 Å². The number of hydroxylamine groups is 1. The smallest absolute Gasteiger partial charge is 0.258 e. The summed E-state index contributed by atoms with van der Waals surface area (Å²) in [6.07, 6.45) is 3.87. The topological polar surface area (TPSA) is 97.5 Å². The van der Waals surface area contributed by atoms with E-state index in [1.54, 1.807) is 5.48 Å². The molecule has 0 bridgehead atoms. The molecule has 3 rings (SSSR count). The van der Waals surface area contributed by atoms with Crippen LogP contribution in [-0.2, 0) is 4.79 Å². The molecule has 0 atom stereocenters. The second kappa shape index (κ2) is 10.2. The maximum Gasteiger partial charge on any atom is 0.258 e. The molecule has 146 valence electrons. The molecule has 0 unspecified atom stereocenters. The van der Waals surface area contributed by atoms with Gasteiger partial charge in [0.1, 0.15) is 5.75 Å². The Morgan fingerprint density at radius 1 is 1.00 bits per heavy atom. The zero-order chi connectivity index (χ0) is 19.6. The Balaban J connectivity index is 1.48. The van der Waals surface area contributed by atoms with Crippen molar-refractivity contribution in [3.05, 3.63) is 54.6 Å². The molecule has 3 aromatic rings. The average Bonchev–Trinajstić information content (AvgIpc) is 3.24. The van der Waals surface area contributed by atoms with Crippen molar-refractivity contribution in [3.8, 4) is 28.6 Å². The van der Waals surface area contributed by atoms with Gasteiger partial charge in [-0.15, -0.1) is 0 Å². The Morgan fingerprint density at radius 2 is 1.79 bits per heavy atom. The molecular formula is C21H23N3O4. The van der Waals surface area contributed by atoms with Gasteiger partial charge in [0.2, 0.25) is 11.7 Å². The van der Waals surface area contributed by atoms with Gasteiger partial charge in [0.05, 0.1) is 6.61 Å². The molecule has 0 aliphatic carbocycles. The van der Waals surface area contributed by atoms with E-state index in [0.717, 1.165) is 42.6 Å². The lowest BCUT2D eigenvalue weighted by molar-refractivity contribution is -0.129. The largest absolute Gasteiger partial charge is 0.494 e. The van der Waals surface area contributed by atoms with Crippen LogP contribution in [0.3, 0.4) is 0 Å². The van der Waals surface area contributed by atoms with Gasteiger partial charge in [-0.3, -0.25) is 10.0 Å². The summed E-state index contributed by atoms with van der Waals surface area (Å²) in [6.45, 7) is 0.592. The first kappa shape index (κ1) is 19.6. The Morgan fingerprint density at radius 3 is 2.61 bits per heavy atom. The van der Waals surface area contributed by atoms with Crippen LogP contribution in [0.5, 0.6) is 5.75 Å². The van der Waals surface area contributed by atoms with E-state index >= 15 is 0 Å². The highest BCUT2D eigenvalue weighted by atomic mass is 16.5. The number of rotatable bonds is 10. The number of carbonyl (C=O) groups excluding carboxylic acids is 1. The van der Waals surface area contributed by atoms with E-state index in [-0.39, 0.29) is 5.91 Å². The molecule has 1 heterocycles. The van der Waals surface area contributed by atoms with E-state index in [1.807, 2.05) is 54.6 Å². The minimum absolute atomic E-state index is 0.342. The standard InChI is InChI=1S/C21H23N3O4/c25-19(23-26)13-6-1-2-7-14-27-18-12-8-11-17(15-18)21-22-20(24-28-21)16-9-4-3-5-10-16/h3-5,8-12,15,26H,1-2,6-7,13-14H2,(H,23,25). The Bertz CT molecular complexity index is 880. The monoisotopic (exact) mass is 381 g/mol. The number of nitrogens with one attached hydrogen (secondary N) is 1. The predicted octanol–water partition coefficient (Wildman–Crippen LogP) is 4.24. The molecule has 0 aliphatic rings. The summed E-state index contributed by atoms with van der Waals surface area (Å²) >= 11 is 0. The highest BCUT2D eigenvalue weighted by Gasteiger charge is 2.11. The third kappa shape index (κ3) is 5.65. The third-order valence-corrected chi connectivity index (χ3v) is 4.23. The molecule has 0 saturated heterocycles. The Hall–Kier alpha value is -3.19. The molecule has 0 spiro atoms. The second-order valence-corrected chi connectivity index (χ2v) is 6.36. The number of hydrogen-bond donors (Lipinski definition) is 2. The van der Waals surface area contributed by atoms with Gasteiger partial charge in [-0.2, -0.15) is 4.98 Å². The highest BCUT2D eigenvalue weighted by Crippen LogP contribution is 2.25. The van der Waals surface area contributed by atoms with Crippen molar-refractivity contribution in [1.82, 2.24) is 15.6 Å². The lowest BCUT2D eigenvalue weighted by Crippen LogP contribution is -2.17. The number of hydrogen-bond acceptors (Lipinski definition) is 6. The zero-order valence-electron chi connectivity index (χ0n) is 15.5. The molecule has 2 N–H and O–H groups in total. The SMILES string of the molecule is O=C(CCCCCCOc1cccc(-c2nc(-c3ccccc3)no2)c1)NO. The normalized spacial score (nSPS) is 10.6. The maximum atomic E-state index is 10.9. The van der Waals surface area contributed by atoms with Gasteiger partial charge >= 0.3 is 0 Å². The van der Waals surface area contributed by atoms with Crippen molar-refractivity contribution in [2.75, 3.05) is 6.61 Å². The van der Waals surface area contributed by atoms with Crippen LogP contribution in [0.25, 0.3) is 22.8 Å². The van der Waals surface area contributed by atoms with Gasteiger partial charge in [-0.05, 0) is 31.0 Å². The summed E-state index contributed by atoms with van der Waals surface area (Å²) in [4.78, 5) is 15.4. The molecule has 0 radical (unpaired) electrons. The molecule has 1 aromatic heterocycles. The molecule has 1 amide bonds. The number of carbonyl (C=O) groups is 1. The zero-order valence-corrected chi connectivity index (χ0v) is 15.5. The number of aromatic nitrogens is 2. The van der Waals surface area contributed by atoms with Crippen LogP contribution in [0.2, 0.25) is 0 Å². The van der Waals surface area contributed by atoms with Crippen LogP contribution in [0, 0.1) is 0 Å². The third-order valence-electron chi connectivity index (χ3n) is 4.23. The number of ether oxygens (including phenoxy) is 1. The van der Waals surface area contributed by atoms with Crippen molar-refractivity contribution < 1.29 is 19.3 Å². The number of nitrogens with zero attached hydrogens (tertiary/aromatic N) is 2. The summed E-state index contributed by atoms with van der Waals surface area (Å²) < 4.78 is 11.2. The number of amides is 1. The Labute approximate surface area is 163 Å². The lowest BCUT2D eigenvalue weighted by atomic mass is 10.1.